The molecule has 2 fully saturated rings. The zero-order valence-corrected chi connectivity index (χ0v) is 11.3. The summed E-state index contributed by atoms with van der Waals surface area (Å²) in [7, 11) is 0. The molecule has 4 nitrogen and oxygen atoms in total. The van der Waals surface area contributed by atoms with Crippen LogP contribution in [0.5, 0.6) is 0 Å². The molecule has 2 heterocycles. The fourth-order valence-corrected chi connectivity index (χ4v) is 2.49. The van der Waals surface area contributed by atoms with Gasteiger partial charge in [-0.05, 0) is 25.7 Å². The van der Waals surface area contributed by atoms with Gasteiger partial charge in [0, 0.05) is 38.3 Å². The van der Waals surface area contributed by atoms with Crippen molar-refractivity contribution in [2.45, 2.75) is 37.8 Å². The van der Waals surface area contributed by atoms with Gasteiger partial charge in [-0.3, -0.25) is 0 Å². The van der Waals surface area contributed by atoms with Gasteiger partial charge in [0.15, 0.2) is 0 Å². The van der Waals surface area contributed by atoms with E-state index in [1.165, 1.54) is 38.8 Å². The molecule has 2 atom stereocenters. The van der Waals surface area contributed by atoms with Crippen molar-refractivity contribution in [3.05, 3.63) is 0 Å². The van der Waals surface area contributed by atoms with Crippen molar-refractivity contribution < 1.29 is 0 Å². The smallest absolute Gasteiger partial charge is 0.0285 e. The van der Waals surface area contributed by atoms with Crippen molar-refractivity contribution in [3.8, 4) is 0 Å². The van der Waals surface area contributed by atoms with E-state index in [2.05, 4.69) is 10.0 Å². The second kappa shape index (κ2) is 7.69. The Balaban J connectivity index is 0.00000112. The molecule has 2 saturated heterocycles. The predicted molar refractivity (Wildman–Crippen MR) is 72.1 cm³/mol. The molecule has 98 valence electrons. The van der Waals surface area contributed by atoms with Crippen LogP contribution in [0.25, 0.3) is 0 Å². The van der Waals surface area contributed by atoms with E-state index in [4.69, 9.17) is 11.5 Å². The minimum atomic E-state index is 0. The number of hydrogen-bond donors (Lipinski definition) is 2. The molecule has 0 amide bonds. The van der Waals surface area contributed by atoms with Crippen LogP contribution in [-0.4, -0.2) is 48.3 Å². The van der Waals surface area contributed by atoms with Gasteiger partial charge in [-0.25, -0.2) is 10.0 Å². The van der Waals surface area contributed by atoms with Crippen molar-refractivity contribution in [3.63, 3.8) is 0 Å². The Labute approximate surface area is 110 Å². The number of rotatable bonds is 1. The van der Waals surface area contributed by atoms with E-state index in [-0.39, 0.29) is 24.8 Å². The van der Waals surface area contributed by atoms with Gasteiger partial charge >= 0.3 is 0 Å². The Bertz CT molecular complexity index is 174. The number of hydrogen-bond acceptors (Lipinski definition) is 4. The number of halogens is 2. The maximum Gasteiger partial charge on any atom is 0.0285 e. The lowest BCUT2D eigenvalue weighted by atomic mass is 10.1. The Hall–Kier alpha value is 0.420. The monoisotopic (exact) mass is 270 g/mol. The van der Waals surface area contributed by atoms with E-state index >= 15 is 0 Å². The molecule has 6 heteroatoms. The molecule has 0 aromatic rings. The van der Waals surface area contributed by atoms with Gasteiger partial charge in [0.2, 0.25) is 0 Å². The van der Waals surface area contributed by atoms with Crippen molar-refractivity contribution >= 4 is 24.8 Å². The third kappa shape index (κ3) is 4.35. The molecule has 4 N–H and O–H groups in total. The number of nitrogens with zero attached hydrogens (tertiary/aromatic N) is 2. The number of piperidine rings is 2. The Morgan fingerprint density at radius 1 is 0.750 bits per heavy atom. The fourth-order valence-electron chi connectivity index (χ4n) is 2.49. The SMILES string of the molecule is Cl.Cl.NC1CCCN(N2CCC[C@@H](N)C2)C1. The van der Waals surface area contributed by atoms with Crippen molar-refractivity contribution in [1.29, 1.82) is 0 Å². The zero-order valence-electron chi connectivity index (χ0n) is 9.68. The quantitative estimate of drug-likeness (QED) is 0.733. The summed E-state index contributed by atoms with van der Waals surface area (Å²) in [6.45, 7) is 4.38. The summed E-state index contributed by atoms with van der Waals surface area (Å²) in [6.07, 6.45) is 4.81. The molecule has 16 heavy (non-hydrogen) atoms. The normalized spacial score (nSPS) is 32.6. The lowest BCUT2D eigenvalue weighted by Gasteiger charge is -2.42. The van der Waals surface area contributed by atoms with Gasteiger partial charge in [-0.15, -0.1) is 24.8 Å². The van der Waals surface area contributed by atoms with Crippen LogP contribution >= 0.6 is 24.8 Å². The maximum absolute atomic E-state index is 5.97. The van der Waals surface area contributed by atoms with Crippen LogP contribution in [0.15, 0.2) is 0 Å². The summed E-state index contributed by atoms with van der Waals surface area (Å²) in [5.74, 6) is 0. The van der Waals surface area contributed by atoms with Crippen LogP contribution < -0.4 is 11.5 Å². The van der Waals surface area contributed by atoms with Gasteiger partial charge in [0.1, 0.15) is 0 Å². The summed E-state index contributed by atoms with van der Waals surface area (Å²) < 4.78 is 0. The molecule has 2 rings (SSSR count). The first kappa shape index (κ1) is 16.4. The third-order valence-corrected chi connectivity index (χ3v) is 3.27. The summed E-state index contributed by atoms with van der Waals surface area (Å²) >= 11 is 0. The van der Waals surface area contributed by atoms with Gasteiger partial charge in [-0.2, -0.15) is 0 Å². The summed E-state index contributed by atoms with van der Waals surface area (Å²) in [6, 6.07) is 0.726. The standard InChI is InChI=1S/C10H22N4.2ClH/c11-9-3-1-5-13(7-9)14-6-2-4-10(12)8-14;;/h9-10H,1-8,11-12H2;2*1H/t9-,10?;;/m1../s1. The molecule has 0 aromatic carbocycles. The summed E-state index contributed by atoms with van der Waals surface area (Å²) in [5.41, 5.74) is 11.9. The van der Waals surface area contributed by atoms with E-state index in [1.54, 1.807) is 0 Å². The average Bonchev–Trinajstić information content (AvgIpc) is 2.18. The molecule has 0 spiro atoms. The Morgan fingerprint density at radius 2 is 1.12 bits per heavy atom. The zero-order chi connectivity index (χ0) is 9.97. The molecule has 0 radical (unpaired) electrons. The van der Waals surface area contributed by atoms with Gasteiger partial charge in [0.05, 0.1) is 0 Å². The molecule has 0 aliphatic carbocycles. The van der Waals surface area contributed by atoms with Crippen LogP contribution in [0.2, 0.25) is 0 Å². The highest BCUT2D eigenvalue weighted by atomic mass is 35.5. The molecule has 0 bridgehead atoms. The number of hydrazine groups is 1. The lowest BCUT2D eigenvalue weighted by molar-refractivity contribution is -0.0608. The van der Waals surface area contributed by atoms with Gasteiger partial charge in [0.25, 0.3) is 0 Å². The molecular formula is C10H24Cl2N4. The topological polar surface area (TPSA) is 58.5 Å². The minimum absolute atomic E-state index is 0. The van der Waals surface area contributed by atoms with E-state index in [1.807, 2.05) is 0 Å². The average molecular weight is 271 g/mol. The van der Waals surface area contributed by atoms with E-state index < -0.39 is 0 Å². The minimum Gasteiger partial charge on any atom is -0.326 e. The molecule has 2 aliphatic rings. The van der Waals surface area contributed by atoms with E-state index in [9.17, 15) is 0 Å². The molecular weight excluding hydrogens is 247 g/mol. The van der Waals surface area contributed by atoms with Gasteiger partial charge < -0.3 is 11.5 Å². The third-order valence-electron chi connectivity index (χ3n) is 3.27. The molecule has 0 aromatic heterocycles. The van der Waals surface area contributed by atoms with Crippen LogP contribution in [0, 0.1) is 0 Å². The highest BCUT2D eigenvalue weighted by Crippen LogP contribution is 2.15. The second-order valence-electron chi connectivity index (χ2n) is 4.63. The summed E-state index contributed by atoms with van der Waals surface area (Å²) in [4.78, 5) is 0. The fraction of sp³-hybridized carbons (Fsp3) is 1.00. The largest absolute Gasteiger partial charge is 0.326 e. The lowest BCUT2D eigenvalue weighted by Crippen LogP contribution is -2.56. The number of nitrogens with two attached hydrogens (primary N) is 2. The molecule has 0 saturated carbocycles. The molecule has 1 unspecified atom stereocenters. The summed E-state index contributed by atoms with van der Waals surface area (Å²) in [5, 5.41) is 4.82. The first-order chi connectivity index (χ1) is 6.75. The Kier molecular flexibility index (Phi) is 7.89. The highest BCUT2D eigenvalue weighted by Gasteiger charge is 2.25. The second-order valence-corrected chi connectivity index (χ2v) is 4.63. The first-order valence-electron chi connectivity index (χ1n) is 5.76. The molecule has 2 aliphatic heterocycles. The maximum atomic E-state index is 5.97. The van der Waals surface area contributed by atoms with E-state index in [0.29, 0.717) is 12.1 Å². The van der Waals surface area contributed by atoms with Crippen LogP contribution in [0.1, 0.15) is 25.7 Å². The van der Waals surface area contributed by atoms with Gasteiger partial charge in [-0.1, -0.05) is 0 Å². The van der Waals surface area contributed by atoms with Crippen molar-refractivity contribution in [2.24, 2.45) is 11.5 Å². The highest BCUT2D eigenvalue weighted by molar-refractivity contribution is 5.85. The van der Waals surface area contributed by atoms with Crippen LogP contribution in [0.4, 0.5) is 0 Å². The van der Waals surface area contributed by atoms with Crippen molar-refractivity contribution in [1.82, 2.24) is 10.0 Å². The Morgan fingerprint density at radius 3 is 1.44 bits per heavy atom. The first-order valence-corrected chi connectivity index (χ1v) is 5.76. The van der Waals surface area contributed by atoms with E-state index in [0.717, 1.165) is 13.1 Å². The predicted octanol–water partition coefficient (Wildman–Crippen LogP) is 0.591. The van der Waals surface area contributed by atoms with Crippen molar-refractivity contribution in [2.75, 3.05) is 26.2 Å². The van der Waals surface area contributed by atoms with Crippen LogP contribution in [0.3, 0.4) is 0 Å². The van der Waals surface area contributed by atoms with Crippen LogP contribution in [-0.2, 0) is 0 Å².